The molecule has 9 rings (SSSR count). The Kier molecular flexibility index (Phi) is 4.45. The molecule has 1 heterocycles. The summed E-state index contributed by atoms with van der Waals surface area (Å²) >= 11 is 0. The third kappa shape index (κ3) is 3.65. The highest BCUT2D eigenvalue weighted by Gasteiger charge is 2.23. The zero-order valence-corrected chi connectivity index (χ0v) is 23.1. The fraction of sp³-hybridized carbons (Fsp3) is 0. The number of para-hydroxylation sites is 1. The number of hydrogen-bond donors (Lipinski definition) is 0. The average Bonchev–Trinajstić information content (AvgIpc) is 3.11. The van der Waals surface area contributed by atoms with Crippen molar-refractivity contribution in [2.45, 2.75) is 0 Å². The van der Waals surface area contributed by atoms with Crippen LogP contribution in [0, 0.1) is 0 Å². The molecular weight excluding hydrogens is 520 g/mol. The van der Waals surface area contributed by atoms with Crippen molar-refractivity contribution in [3.8, 4) is 56.0 Å². The molecule has 0 saturated heterocycles. The van der Waals surface area contributed by atoms with E-state index in [1.807, 2.05) is 66.7 Å². The molecule has 0 atom stereocenters. The number of rotatable bonds is 3. The SMILES string of the molecule is [2H]c1ccc([2H])c2c(-c3ccc4c5c(cccc35)-c3ccccc3O4)c3c([2H])ccc([2H])c3c(-c3cccc(-c4ccccc4)c3)c12. The third-order valence-electron chi connectivity index (χ3n) is 8.50. The maximum Gasteiger partial charge on any atom is 0.135 e. The molecule has 0 aliphatic carbocycles. The Morgan fingerprint density at radius 1 is 0.372 bits per heavy atom. The van der Waals surface area contributed by atoms with Gasteiger partial charge in [-0.25, -0.2) is 0 Å². The molecule has 8 aromatic carbocycles. The molecule has 1 aliphatic rings. The van der Waals surface area contributed by atoms with Gasteiger partial charge < -0.3 is 4.74 Å². The van der Waals surface area contributed by atoms with Crippen molar-refractivity contribution in [2.75, 3.05) is 0 Å². The summed E-state index contributed by atoms with van der Waals surface area (Å²) in [4.78, 5) is 0. The summed E-state index contributed by atoms with van der Waals surface area (Å²) < 4.78 is 43.5. The van der Waals surface area contributed by atoms with Crippen molar-refractivity contribution in [3.05, 3.63) is 158 Å². The second kappa shape index (κ2) is 9.44. The first-order valence-corrected chi connectivity index (χ1v) is 14.4. The summed E-state index contributed by atoms with van der Waals surface area (Å²) in [6.45, 7) is 0. The fourth-order valence-corrected chi connectivity index (χ4v) is 6.67. The Morgan fingerprint density at radius 3 is 1.74 bits per heavy atom. The van der Waals surface area contributed by atoms with Crippen LogP contribution in [-0.2, 0) is 0 Å². The van der Waals surface area contributed by atoms with Gasteiger partial charge in [-0.1, -0.05) is 133 Å². The Bertz CT molecular complexity index is 2520. The van der Waals surface area contributed by atoms with Gasteiger partial charge in [-0.2, -0.15) is 0 Å². The van der Waals surface area contributed by atoms with Crippen LogP contribution in [0.2, 0.25) is 0 Å². The van der Waals surface area contributed by atoms with Gasteiger partial charge in [-0.15, -0.1) is 0 Å². The molecule has 1 heteroatoms. The number of hydrogen-bond acceptors (Lipinski definition) is 1. The predicted molar refractivity (Wildman–Crippen MR) is 181 cm³/mol. The quantitative estimate of drug-likeness (QED) is 0.199. The van der Waals surface area contributed by atoms with E-state index in [4.69, 9.17) is 4.74 Å². The van der Waals surface area contributed by atoms with Gasteiger partial charge in [0.1, 0.15) is 11.5 Å². The van der Waals surface area contributed by atoms with Crippen LogP contribution in [-0.4, -0.2) is 0 Å². The monoisotopic (exact) mass is 550 g/mol. The number of ether oxygens (including phenoxy) is 1. The predicted octanol–water partition coefficient (Wildman–Crippen LogP) is 11.9. The summed E-state index contributed by atoms with van der Waals surface area (Å²) in [5.74, 6) is 1.55. The average molecular weight is 551 g/mol. The van der Waals surface area contributed by atoms with Crippen molar-refractivity contribution in [1.82, 2.24) is 0 Å². The molecule has 0 aromatic heterocycles. The van der Waals surface area contributed by atoms with Crippen LogP contribution in [0.1, 0.15) is 5.48 Å². The van der Waals surface area contributed by atoms with Crippen LogP contribution in [0.3, 0.4) is 0 Å². The van der Waals surface area contributed by atoms with Gasteiger partial charge in [0.2, 0.25) is 0 Å². The lowest BCUT2D eigenvalue weighted by molar-refractivity contribution is 0.487. The Morgan fingerprint density at radius 2 is 0.977 bits per heavy atom. The first-order valence-electron chi connectivity index (χ1n) is 16.4. The van der Waals surface area contributed by atoms with Crippen LogP contribution >= 0.6 is 0 Å². The Labute approximate surface area is 255 Å². The summed E-state index contributed by atoms with van der Waals surface area (Å²) in [6.07, 6.45) is 0. The summed E-state index contributed by atoms with van der Waals surface area (Å²) in [7, 11) is 0. The highest BCUT2D eigenvalue weighted by atomic mass is 16.5. The first kappa shape index (κ1) is 20.3. The van der Waals surface area contributed by atoms with Gasteiger partial charge in [0.25, 0.3) is 0 Å². The zero-order valence-electron chi connectivity index (χ0n) is 27.1. The van der Waals surface area contributed by atoms with Crippen molar-refractivity contribution in [3.63, 3.8) is 0 Å². The van der Waals surface area contributed by atoms with Gasteiger partial charge in [-0.3, -0.25) is 0 Å². The zero-order chi connectivity index (χ0) is 31.8. The molecule has 0 bridgehead atoms. The lowest BCUT2D eigenvalue weighted by Crippen LogP contribution is -1.98. The molecule has 0 N–H and O–H groups in total. The molecule has 1 aliphatic heterocycles. The molecule has 0 fully saturated rings. The van der Waals surface area contributed by atoms with Crippen molar-refractivity contribution in [1.29, 1.82) is 0 Å². The van der Waals surface area contributed by atoms with Crippen LogP contribution in [0.15, 0.2) is 158 Å². The maximum absolute atomic E-state index is 9.31. The van der Waals surface area contributed by atoms with Crippen LogP contribution in [0.4, 0.5) is 0 Å². The molecule has 1 nitrogen and oxygen atoms in total. The van der Waals surface area contributed by atoms with E-state index in [1.54, 1.807) is 24.3 Å². The molecule has 0 spiro atoms. The fourth-order valence-electron chi connectivity index (χ4n) is 6.67. The maximum atomic E-state index is 9.31. The number of benzene rings is 8. The van der Waals surface area contributed by atoms with Crippen molar-refractivity contribution < 1.29 is 10.2 Å². The molecule has 0 saturated carbocycles. The van der Waals surface area contributed by atoms with E-state index in [-0.39, 0.29) is 24.2 Å². The lowest BCUT2D eigenvalue weighted by atomic mass is 9.83. The minimum Gasteiger partial charge on any atom is -0.456 e. The molecule has 8 aromatic rings. The minimum atomic E-state index is 0.269. The van der Waals surface area contributed by atoms with E-state index < -0.39 is 0 Å². The van der Waals surface area contributed by atoms with Crippen molar-refractivity contribution in [2.24, 2.45) is 0 Å². The van der Waals surface area contributed by atoms with E-state index in [1.165, 1.54) is 0 Å². The Hall–Kier alpha value is -5.66. The van der Waals surface area contributed by atoms with E-state index in [0.717, 1.165) is 55.7 Å². The molecule has 200 valence electrons. The van der Waals surface area contributed by atoms with Gasteiger partial charge in [0.05, 0.1) is 5.48 Å². The van der Waals surface area contributed by atoms with Gasteiger partial charge in [0, 0.05) is 10.9 Å². The molecular formula is C42H26O. The van der Waals surface area contributed by atoms with E-state index in [2.05, 4.69) is 42.5 Å². The summed E-state index contributed by atoms with van der Waals surface area (Å²) in [6, 6.07) is 44.2. The normalized spacial score (nSPS) is 13.2. The molecule has 0 amide bonds. The van der Waals surface area contributed by atoms with Crippen LogP contribution < -0.4 is 4.74 Å². The van der Waals surface area contributed by atoms with E-state index >= 15 is 0 Å². The summed E-state index contributed by atoms with van der Waals surface area (Å²) in [5.41, 5.74) is 7.22. The van der Waals surface area contributed by atoms with E-state index in [0.29, 0.717) is 32.7 Å². The minimum absolute atomic E-state index is 0.269. The van der Waals surface area contributed by atoms with Crippen LogP contribution in [0.25, 0.3) is 76.8 Å². The largest absolute Gasteiger partial charge is 0.456 e. The van der Waals surface area contributed by atoms with Gasteiger partial charge in [-0.05, 0) is 90.1 Å². The molecule has 0 radical (unpaired) electrons. The lowest BCUT2D eigenvalue weighted by Gasteiger charge is -2.24. The molecule has 0 unspecified atom stereocenters. The highest BCUT2D eigenvalue weighted by molar-refractivity contribution is 6.24. The van der Waals surface area contributed by atoms with Gasteiger partial charge in [0.15, 0.2) is 0 Å². The second-order valence-corrected chi connectivity index (χ2v) is 10.9. The van der Waals surface area contributed by atoms with E-state index in [9.17, 15) is 5.48 Å². The third-order valence-corrected chi connectivity index (χ3v) is 8.50. The smallest absolute Gasteiger partial charge is 0.135 e. The first-order chi connectivity index (χ1) is 23.0. The standard InChI is InChI=1S/C42H26O/c1-2-12-27(13-3-1)28-14-10-15-29(26-28)40-32-17-4-6-19-34(32)41(35-20-7-5-18-33(35)40)37-24-25-39-42-31(21-11-22-36(37)42)30-16-8-9-23-38(30)43-39/h1-26H/i17D,18D,19D,20D. The summed E-state index contributed by atoms with van der Waals surface area (Å²) in [5, 5.41) is 4.30. The number of fused-ring (bicyclic) bond motifs is 4. The van der Waals surface area contributed by atoms with Crippen molar-refractivity contribution >= 4 is 32.3 Å². The highest BCUT2D eigenvalue weighted by Crippen LogP contribution is 2.51. The Balaban J connectivity index is 1.45. The van der Waals surface area contributed by atoms with Gasteiger partial charge >= 0.3 is 0 Å². The molecule has 43 heavy (non-hydrogen) atoms. The van der Waals surface area contributed by atoms with Crippen LogP contribution in [0.5, 0.6) is 11.5 Å². The topological polar surface area (TPSA) is 9.23 Å². The second-order valence-electron chi connectivity index (χ2n) is 10.9.